The second-order valence-corrected chi connectivity index (χ2v) is 6.67. The van der Waals surface area contributed by atoms with Crippen LogP contribution < -0.4 is 5.73 Å². The van der Waals surface area contributed by atoms with Crippen molar-refractivity contribution in [2.75, 3.05) is 19.4 Å². The number of esters is 1. The number of sulfonamides is 1. The lowest BCUT2D eigenvalue weighted by Gasteiger charge is -2.22. The van der Waals surface area contributed by atoms with Gasteiger partial charge in [-0.25, -0.2) is 8.42 Å². The van der Waals surface area contributed by atoms with Crippen LogP contribution in [-0.2, 0) is 25.3 Å². The number of nitrogens with zero attached hydrogens (tertiary/aromatic N) is 1. The number of para-hydroxylation sites is 1. The fourth-order valence-corrected chi connectivity index (χ4v) is 4.20. The zero-order chi connectivity index (χ0) is 14.8. The molecule has 0 radical (unpaired) electrons. The molecule has 6 nitrogen and oxygen atoms in total. The van der Waals surface area contributed by atoms with Gasteiger partial charge in [-0.15, -0.1) is 0 Å². The maximum absolute atomic E-state index is 12.4. The van der Waals surface area contributed by atoms with Crippen LogP contribution in [0.2, 0.25) is 0 Å². The molecule has 2 N–H and O–H groups in total. The maximum Gasteiger partial charge on any atom is 0.324 e. The normalized spacial score (nSPS) is 19.9. The third kappa shape index (κ3) is 2.94. The first-order chi connectivity index (χ1) is 9.45. The van der Waals surface area contributed by atoms with Crippen LogP contribution in [-0.4, -0.2) is 38.4 Å². The monoisotopic (exact) mass is 298 g/mol. The number of methoxy groups -OCH3 is 1. The molecule has 1 saturated heterocycles. The average Bonchev–Trinajstić information content (AvgIpc) is 2.90. The summed E-state index contributed by atoms with van der Waals surface area (Å²) in [5.41, 5.74) is 6.75. The fraction of sp³-hybridized carbons (Fsp3) is 0.462. The number of carbonyl (C=O) groups is 1. The van der Waals surface area contributed by atoms with E-state index in [-0.39, 0.29) is 5.75 Å². The van der Waals surface area contributed by atoms with Gasteiger partial charge in [0.2, 0.25) is 10.0 Å². The molecule has 1 aliphatic rings. The van der Waals surface area contributed by atoms with Crippen LogP contribution in [0.25, 0.3) is 0 Å². The highest BCUT2D eigenvalue weighted by Gasteiger charge is 2.39. The molecule has 110 valence electrons. The summed E-state index contributed by atoms with van der Waals surface area (Å²) < 4.78 is 30.8. The van der Waals surface area contributed by atoms with Gasteiger partial charge in [-0.05, 0) is 24.5 Å². The molecule has 20 heavy (non-hydrogen) atoms. The summed E-state index contributed by atoms with van der Waals surface area (Å²) in [5, 5.41) is 0. The largest absolute Gasteiger partial charge is 0.468 e. The van der Waals surface area contributed by atoms with Gasteiger partial charge in [-0.3, -0.25) is 4.79 Å². The number of nitrogen functional groups attached to an aromatic ring is 1. The molecule has 1 aromatic rings. The number of rotatable bonds is 4. The predicted molar refractivity (Wildman–Crippen MR) is 75.2 cm³/mol. The number of hydrogen-bond donors (Lipinski definition) is 1. The maximum atomic E-state index is 12.4. The Labute approximate surface area is 118 Å². The molecule has 7 heteroatoms. The van der Waals surface area contributed by atoms with E-state index in [1.807, 2.05) is 0 Å². The third-order valence-corrected chi connectivity index (χ3v) is 5.25. The van der Waals surface area contributed by atoms with Crippen molar-refractivity contribution in [3.63, 3.8) is 0 Å². The van der Waals surface area contributed by atoms with Crippen LogP contribution in [0.1, 0.15) is 18.4 Å². The zero-order valence-corrected chi connectivity index (χ0v) is 12.1. The van der Waals surface area contributed by atoms with Crippen LogP contribution in [0.15, 0.2) is 24.3 Å². The molecule has 0 bridgehead atoms. The van der Waals surface area contributed by atoms with E-state index in [2.05, 4.69) is 4.74 Å². The van der Waals surface area contributed by atoms with E-state index in [1.54, 1.807) is 24.3 Å². The minimum Gasteiger partial charge on any atom is -0.468 e. The van der Waals surface area contributed by atoms with Gasteiger partial charge >= 0.3 is 5.97 Å². The lowest BCUT2D eigenvalue weighted by atomic mass is 10.2. The van der Waals surface area contributed by atoms with Crippen molar-refractivity contribution in [2.24, 2.45) is 0 Å². The molecule has 0 aliphatic carbocycles. The molecule has 0 amide bonds. The van der Waals surface area contributed by atoms with Gasteiger partial charge in [0.15, 0.2) is 0 Å². The number of benzene rings is 1. The number of carbonyl (C=O) groups excluding carboxylic acids is 1. The van der Waals surface area contributed by atoms with Crippen molar-refractivity contribution in [2.45, 2.75) is 24.6 Å². The number of hydrogen-bond acceptors (Lipinski definition) is 5. The van der Waals surface area contributed by atoms with Crippen LogP contribution in [0.5, 0.6) is 0 Å². The molecule has 0 aromatic heterocycles. The van der Waals surface area contributed by atoms with Gasteiger partial charge in [0, 0.05) is 12.2 Å². The van der Waals surface area contributed by atoms with E-state index in [1.165, 1.54) is 11.4 Å². The molecule has 1 fully saturated rings. The topological polar surface area (TPSA) is 89.7 Å². The van der Waals surface area contributed by atoms with Crippen molar-refractivity contribution in [3.05, 3.63) is 29.8 Å². The van der Waals surface area contributed by atoms with Crippen molar-refractivity contribution < 1.29 is 17.9 Å². The van der Waals surface area contributed by atoms with Gasteiger partial charge in [-0.2, -0.15) is 4.31 Å². The van der Waals surface area contributed by atoms with Crippen molar-refractivity contribution in [1.29, 1.82) is 0 Å². The molecule has 1 heterocycles. The summed E-state index contributed by atoms with van der Waals surface area (Å²) in [7, 11) is -2.32. The lowest BCUT2D eigenvalue weighted by Crippen LogP contribution is -2.41. The Morgan fingerprint density at radius 2 is 2.15 bits per heavy atom. The van der Waals surface area contributed by atoms with E-state index < -0.39 is 22.0 Å². The third-order valence-electron chi connectivity index (χ3n) is 3.43. The summed E-state index contributed by atoms with van der Waals surface area (Å²) in [4.78, 5) is 11.6. The summed E-state index contributed by atoms with van der Waals surface area (Å²) >= 11 is 0. The van der Waals surface area contributed by atoms with E-state index in [0.717, 1.165) is 0 Å². The molecule has 2 rings (SSSR count). The molecule has 0 spiro atoms. The van der Waals surface area contributed by atoms with E-state index in [4.69, 9.17) is 5.73 Å². The van der Waals surface area contributed by atoms with Crippen LogP contribution in [0, 0.1) is 0 Å². The first kappa shape index (κ1) is 14.8. The van der Waals surface area contributed by atoms with Gasteiger partial charge in [0.25, 0.3) is 0 Å². The second-order valence-electron chi connectivity index (χ2n) is 4.75. The Morgan fingerprint density at radius 3 is 2.80 bits per heavy atom. The molecular weight excluding hydrogens is 280 g/mol. The number of anilines is 1. The zero-order valence-electron chi connectivity index (χ0n) is 11.3. The second kappa shape index (κ2) is 5.80. The first-order valence-electron chi connectivity index (χ1n) is 6.36. The SMILES string of the molecule is COC(=O)C1CCCN1S(=O)(=O)Cc1ccccc1N. The van der Waals surface area contributed by atoms with E-state index >= 15 is 0 Å². The number of nitrogens with two attached hydrogens (primary N) is 1. The predicted octanol–water partition coefficient (Wildman–Crippen LogP) is 0.736. The van der Waals surface area contributed by atoms with Crippen LogP contribution in [0.3, 0.4) is 0 Å². The molecule has 1 aromatic carbocycles. The van der Waals surface area contributed by atoms with Crippen molar-refractivity contribution in [3.8, 4) is 0 Å². The fourth-order valence-electron chi connectivity index (χ4n) is 2.39. The molecular formula is C13H18N2O4S. The molecule has 1 aliphatic heterocycles. The Bertz CT molecular complexity index is 600. The summed E-state index contributed by atoms with van der Waals surface area (Å²) in [6, 6.07) is 6.11. The minimum atomic E-state index is -3.59. The van der Waals surface area contributed by atoms with Gasteiger partial charge < -0.3 is 10.5 Å². The number of ether oxygens (including phenoxy) is 1. The molecule has 1 atom stereocenters. The Morgan fingerprint density at radius 1 is 1.45 bits per heavy atom. The van der Waals surface area contributed by atoms with E-state index in [0.29, 0.717) is 30.6 Å². The standard InChI is InChI=1S/C13H18N2O4S/c1-19-13(16)12-7-4-8-15(12)20(17,18)9-10-5-2-3-6-11(10)14/h2-3,5-6,12H,4,7-9,14H2,1H3. The Hall–Kier alpha value is -1.60. The first-order valence-corrected chi connectivity index (χ1v) is 7.97. The van der Waals surface area contributed by atoms with Crippen molar-refractivity contribution >= 4 is 21.7 Å². The van der Waals surface area contributed by atoms with Gasteiger partial charge in [0.1, 0.15) is 6.04 Å². The summed E-state index contributed by atoms with van der Waals surface area (Å²) in [6.07, 6.45) is 1.15. The van der Waals surface area contributed by atoms with Crippen LogP contribution in [0.4, 0.5) is 5.69 Å². The lowest BCUT2D eigenvalue weighted by molar-refractivity contribution is -0.144. The van der Waals surface area contributed by atoms with Gasteiger partial charge in [-0.1, -0.05) is 18.2 Å². The van der Waals surface area contributed by atoms with Gasteiger partial charge in [0.05, 0.1) is 12.9 Å². The van der Waals surface area contributed by atoms with Crippen molar-refractivity contribution in [1.82, 2.24) is 4.31 Å². The Kier molecular flexibility index (Phi) is 4.29. The highest BCUT2D eigenvalue weighted by Crippen LogP contribution is 2.25. The average molecular weight is 298 g/mol. The highest BCUT2D eigenvalue weighted by atomic mass is 32.2. The minimum absolute atomic E-state index is 0.201. The summed E-state index contributed by atoms with van der Waals surface area (Å²) in [6.45, 7) is 0.342. The molecule has 1 unspecified atom stereocenters. The summed E-state index contributed by atoms with van der Waals surface area (Å²) in [5.74, 6) is -0.709. The molecule has 0 saturated carbocycles. The quantitative estimate of drug-likeness (QED) is 0.654. The Balaban J connectivity index is 2.22. The van der Waals surface area contributed by atoms with Crippen LogP contribution >= 0.6 is 0 Å². The smallest absolute Gasteiger partial charge is 0.324 e. The van der Waals surface area contributed by atoms with E-state index in [9.17, 15) is 13.2 Å². The highest BCUT2D eigenvalue weighted by molar-refractivity contribution is 7.88.